The predicted molar refractivity (Wildman–Crippen MR) is 70.4 cm³/mol. The second-order valence-electron chi connectivity index (χ2n) is 4.47. The first-order valence-corrected chi connectivity index (χ1v) is 8.57. The van der Waals surface area contributed by atoms with Crippen LogP contribution in [-0.2, 0) is 27.1 Å². The van der Waals surface area contributed by atoms with Crippen LogP contribution >= 0.6 is 0 Å². The molecule has 0 atom stereocenters. The lowest BCUT2D eigenvalue weighted by Crippen LogP contribution is -2.30. The van der Waals surface area contributed by atoms with Gasteiger partial charge in [-0.2, -0.15) is 26.3 Å². The van der Waals surface area contributed by atoms with E-state index in [2.05, 4.69) is 36.9 Å². The molecule has 24 heavy (non-hydrogen) atoms. The molecule has 0 spiro atoms. The average molecular weight is 402 g/mol. The highest BCUT2D eigenvalue weighted by atomic mass is 32.3. The molecule has 0 aromatic carbocycles. The molecule has 140 valence electrons. The van der Waals surface area contributed by atoms with Gasteiger partial charge in [-0.3, -0.25) is 0 Å². The van der Waals surface area contributed by atoms with Gasteiger partial charge in [0.05, 0.1) is 0 Å². The Labute approximate surface area is 134 Å². The Morgan fingerprint density at radius 3 is 1.33 bits per heavy atom. The molecule has 0 radical (unpaired) electrons. The van der Waals surface area contributed by atoms with E-state index in [0.29, 0.717) is 0 Å². The number of pyridine rings is 1. The summed E-state index contributed by atoms with van der Waals surface area (Å²) in [5, 5.41) is 0. The van der Waals surface area contributed by atoms with Crippen molar-refractivity contribution in [3.63, 3.8) is 0 Å². The van der Waals surface area contributed by atoms with E-state index in [0.717, 1.165) is 4.13 Å². The second-order valence-corrected chi connectivity index (χ2v) is 7.89. The lowest BCUT2D eigenvalue weighted by atomic mass is 10.2. The third-order valence-electron chi connectivity index (χ3n) is 2.05. The van der Waals surface area contributed by atoms with Gasteiger partial charge in [0.25, 0.3) is 0 Å². The Morgan fingerprint density at radius 2 is 1.12 bits per heavy atom. The van der Waals surface area contributed by atoms with E-state index in [1.807, 2.05) is 7.05 Å². The van der Waals surface area contributed by atoms with Crippen molar-refractivity contribution in [3.8, 4) is 0 Å². The minimum Gasteiger partial charge on any atom is -0.421 e. The number of aromatic nitrogens is 1. The summed E-state index contributed by atoms with van der Waals surface area (Å²) in [4.78, 5) is 0. The highest BCUT2D eigenvalue weighted by Crippen LogP contribution is 2.36. The summed E-state index contributed by atoms with van der Waals surface area (Å²) in [5.74, 6) is 0. The third-order valence-corrected chi connectivity index (χ3v) is 4.79. The highest BCUT2D eigenvalue weighted by Gasteiger charge is 2.46. The van der Waals surface area contributed by atoms with Gasteiger partial charge in [0.15, 0.2) is 32.4 Å². The maximum Gasteiger partial charge on any atom is 0.480 e. The number of sulfonamides is 2. The van der Waals surface area contributed by atoms with Crippen molar-refractivity contribution in [3.05, 3.63) is 33.7 Å². The smallest absolute Gasteiger partial charge is 0.421 e. The van der Waals surface area contributed by atoms with Gasteiger partial charge >= 0.3 is 11.0 Å². The third kappa shape index (κ3) is 6.60. The number of halogens is 6. The minimum atomic E-state index is -6.72. The molecule has 0 saturated carbocycles. The van der Waals surface area contributed by atoms with Crippen LogP contribution in [0.5, 0.6) is 0 Å². The largest absolute Gasteiger partial charge is 0.480 e. The number of alkyl halides is 6. The molecule has 1 rings (SSSR count). The molecule has 0 saturated heterocycles. The molecule has 1 heterocycles. The lowest BCUT2D eigenvalue weighted by molar-refractivity contribution is -0.672. The van der Waals surface area contributed by atoms with Crippen LogP contribution in [0.2, 0.25) is 0 Å². The van der Waals surface area contributed by atoms with Gasteiger partial charge in [0, 0.05) is 11.1 Å². The standard InChI is InChI=1S/C8H12N.C2F6NO4S2/c1-7-4-8(2)6-9(3)5-7;3-1(4,5)14(10,11)9-15(12,13)2(6,7)8/h4-6H,1-3H3;/q+1;-1. The van der Waals surface area contributed by atoms with Crippen molar-refractivity contribution in [1.29, 1.82) is 0 Å². The molecule has 1 aromatic heterocycles. The molecule has 1 aromatic rings. The quantitative estimate of drug-likeness (QED) is 0.561. The minimum absolute atomic E-state index is 0.778. The van der Waals surface area contributed by atoms with E-state index >= 15 is 0 Å². The Hall–Kier alpha value is -1.41. The summed E-state index contributed by atoms with van der Waals surface area (Å²) in [7, 11) is -11.4. The van der Waals surface area contributed by atoms with Crippen LogP contribution in [0.15, 0.2) is 18.5 Å². The molecule has 0 fully saturated rings. The summed E-state index contributed by atoms with van der Waals surface area (Å²) >= 11 is 0. The monoisotopic (exact) mass is 402 g/mol. The Balaban J connectivity index is 0.000000496. The van der Waals surface area contributed by atoms with E-state index in [-0.39, 0.29) is 0 Å². The molecule has 0 aliphatic carbocycles. The van der Waals surface area contributed by atoms with Gasteiger partial charge in [-0.1, -0.05) is 0 Å². The van der Waals surface area contributed by atoms with Gasteiger partial charge in [-0.15, -0.1) is 0 Å². The predicted octanol–water partition coefficient (Wildman–Crippen LogP) is 2.19. The van der Waals surface area contributed by atoms with Crippen molar-refractivity contribution in [2.45, 2.75) is 24.9 Å². The van der Waals surface area contributed by atoms with Crippen LogP contribution in [0, 0.1) is 13.8 Å². The summed E-state index contributed by atoms with van der Waals surface area (Å²) in [6.07, 6.45) is 4.21. The molecular formula is C10H12F6N2O4S2. The SMILES string of the molecule is Cc1cc(C)c[n+](C)c1.O=S(=O)([N-]S(=O)(=O)C(F)(F)F)C(F)(F)F. The summed E-state index contributed by atoms with van der Waals surface area (Å²) in [6.45, 7) is 4.21. The first kappa shape index (κ1) is 22.6. The van der Waals surface area contributed by atoms with Crippen LogP contribution in [0.3, 0.4) is 0 Å². The first-order chi connectivity index (χ1) is 10.4. The van der Waals surface area contributed by atoms with Gasteiger partial charge in [-0.25, -0.2) is 21.4 Å². The van der Waals surface area contributed by atoms with Crippen LogP contribution in [0.1, 0.15) is 11.1 Å². The van der Waals surface area contributed by atoms with Gasteiger partial charge < -0.3 is 4.13 Å². The molecule has 0 aliphatic rings. The Bertz CT molecular complexity index is 692. The normalized spacial score (nSPS) is 13.2. The molecular weight excluding hydrogens is 390 g/mol. The maximum absolute atomic E-state index is 11.4. The van der Waals surface area contributed by atoms with E-state index in [1.165, 1.54) is 11.1 Å². The Morgan fingerprint density at radius 1 is 0.833 bits per heavy atom. The second kappa shape index (κ2) is 7.23. The van der Waals surface area contributed by atoms with Gasteiger partial charge in [0.1, 0.15) is 7.05 Å². The number of aryl methyl sites for hydroxylation is 3. The number of nitrogens with zero attached hydrogens (tertiary/aromatic N) is 2. The first-order valence-electron chi connectivity index (χ1n) is 5.69. The Kier molecular flexibility index (Phi) is 6.80. The van der Waals surface area contributed by atoms with Crippen molar-refractivity contribution < 1.29 is 47.7 Å². The van der Waals surface area contributed by atoms with Crippen molar-refractivity contribution in [1.82, 2.24) is 0 Å². The van der Waals surface area contributed by atoms with Gasteiger partial charge in [0.2, 0.25) is 0 Å². The molecule has 0 aliphatic heterocycles. The molecule has 14 heteroatoms. The zero-order valence-electron chi connectivity index (χ0n) is 12.3. The van der Waals surface area contributed by atoms with Crippen molar-refractivity contribution in [2.75, 3.05) is 0 Å². The van der Waals surface area contributed by atoms with E-state index < -0.39 is 31.1 Å². The zero-order valence-corrected chi connectivity index (χ0v) is 14.0. The topological polar surface area (TPSA) is 86.3 Å². The fourth-order valence-electron chi connectivity index (χ4n) is 1.33. The zero-order chi connectivity index (χ0) is 19.6. The average Bonchev–Trinajstić information content (AvgIpc) is 2.22. The van der Waals surface area contributed by atoms with Crippen LogP contribution in [0.4, 0.5) is 26.3 Å². The number of hydrogen-bond donors (Lipinski definition) is 0. The summed E-state index contributed by atoms with van der Waals surface area (Å²) in [6, 6.07) is 2.17. The molecule has 0 N–H and O–H groups in total. The van der Waals surface area contributed by atoms with Gasteiger partial charge in [-0.05, 0) is 19.9 Å². The number of rotatable bonds is 2. The van der Waals surface area contributed by atoms with Crippen LogP contribution < -0.4 is 4.57 Å². The van der Waals surface area contributed by atoms with E-state index in [9.17, 15) is 43.2 Å². The summed E-state index contributed by atoms with van der Waals surface area (Å²) < 4.78 is 111. The number of hydrogen-bond acceptors (Lipinski definition) is 4. The van der Waals surface area contributed by atoms with E-state index in [4.69, 9.17) is 0 Å². The van der Waals surface area contributed by atoms with Crippen molar-refractivity contribution >= 4 is 20.0 Å². The summed E-state index contributed by atoms with van der Waals surface area (Å²) in [5.41, 5.74) is -9.77. The van der Waals surface area contributed by atoms with Crippen LogP contribution in [0.25, 0.3) is 4.13 Å². The molecule has 0 unspecified atom stereocenters. The molecule has 0 amide bonds. The lowest BCUT2D eigenvalue weighted by Gasteiger charge is -2.22. The van der Waals surface area contributed by atoms with Crippen LogP contribution in [-0.4, -0.2) is 27.9 Å². The fraction of sp³-hybridized carbons (Fsp3) is 0.500. The molecule has 6 nitrogen and oxygen atoms in total. The highest BCUT2D eigenvalue weighted by molar-refractivity contribution is 8.13. The maximum atomic E-state index is 11.4. The van der Waals surface area contributed by atoms with Crippen molar-refractivity contribution in [2.24, 2.45) is 7.05 Å². The van der Waals surface area contributed by atoms with E-state index in [1.54, 1.807) is 0 Å². The molecule has 0 bridgehead atoms. The fourth-order valence-corrected chi connectivity index (χ4v) is 3.04.